The standard InChI is InChI=1S/C12H18/c1-3-7-11(2)10-12-8-5-4-6-9-12/h4-5,8,10H,3,6-7,9H2,1-2H3/b11-10-. The molecule has 66 valence electrons. The van der Waals surface area contributed by atoms with Gasteiger partial charge in [0.05, 0.1) is 0 Å². The van der Waals surface area contributed by atoms with Crippen molar-refractivity contribution in [2.24, 2.45) is 0 Å². The second kappa shape index (κ2) is 4.97. The maximum atomic E-state index is 2.34. The zero-order valence-corrected chi connectivity index (χ0v) is 8.14. The topological polar surface area (TPSA) is 0 Å². The summed E-state index contributed by atoms with van der Waals surface area (Å²) in [6.45, 7) is 4.45. The minimum absolute atomic E-state index is 1.21. The molecule has 0 aliphatic heterocycles. The van der Waals surface area contributed by atoms with Crippen LogP contribution in [-0.4, -0.2) is 0 Å². The van der Waals surface area contributed by atoms with Crippen molar-refractivity contribution in [1.82, 2.24) is 0 Å². The van der Waals surface area contributed by atoms with Crippen LogP contribution in [0.4, 0.5) is 0 Å². The van der Waals surface area contributed by atoms with Crippen LogP contribution in [0.2, 0.25) is 0 Å². The summed E-state index contributed by atoms with van der Waals surface area (Å²) in [6, 6.07) is 0. The number of allylic oxidation sites excluding steroid dienone is 6. The Bertz CT molecular complexity index is 216. The predicted molar refractivity (Wildman–Crippen MR) is 55.1 cm³/mol. The maximum Gasteiger partial charge on any atom is -0.0244 e. The fraction of sp³-hybridized carbons (Fsp3) is 0.500. The Morgan fingerprint density at radius 2 is 2.42 bits per heavy atom. The molecule has 0 aromatic heterocycles. The zero-order valence-electron chi connectivity index (χ0n) is 8.14. The third-order valence-electron chi connectivity index (χ3n) is 2.12. The van der Waals surface area contributed by atoms with Gasteiger partial charge >= 0.3 is 0 Å². The van der Waals surface area contributed by atoms with Gasteiger partial charge in [-0.25, -0.2) is 0 Å². The van der Waals surface area contributed by atoms with Crippen molar-refractivity contribution >= 4 is 0 Å². The lowest BCUT2D eigenvalue weighted by Crippen LogP contribution is -1.85. The van der Waals surface area contributed by atoms with Gasteiger partial charge in [0.25, 0.3) is 0 Å². The van der Waals surface area contributed by atoms with E-state index < -0.39 is 0 Å². The molecule has 0 amide bonds. The average molecular weight is 162 g/mol. The van der Waals surface area contributed by atoms with Gasteiger partial charge in [0.1, 0.15) is 0 Å². The van der Waals surface area contributed by atoms with Crippen molar-refractivity contribution in [2.75, 3.05) is 0 Å². The smallest absolute Gasteiger partial charge is 0.0244 e. The average Bonchev–Trinajstić information content (AvgIpc) is 2.06. The van der Waals surface area contributed by atoms with Crippen LogP contribution >= 0.6 is 0 Å². The summed E-state index contributed by atoms with van der Waals surface area (Å²) >= 11 is 0. The quantitative estimate of drug-likeness (QED) is 0.588. The van der Waals surface area contributed by atoms with Crippen LogP contribution in [0.3, 0.4) is 0 Å². The van der Waals surface area contributed by atoms with Crippen molar-refractivity contribution in [1.29, 1.82) is 0 Å². The molecule has 0 saturated heterocycles. The third kappa shape index (κ3) is 3.08. The normalized spacial score (nSPS) is 17.8. The molecule has 0 unspecified atom stereocenters. The fourth-order valence-corrected chi connectivity index (χ4v) is 1.52. The highest BCUT2D eigenvalue weighted by Crippen LogP contribution is 2.16. The summed E-state index contributed by atoms with van der Waals surface area (Å²) in [5, 5.41) is 0. The van der Waals surface area contributed by atoms with E-state index in [0.717, 1.165) is 0 Å². The van der Waals surface area contributed by atoms with Crippen LogP contribution in [0.5, 0.6) is 0 Å². The van der Waals surface area contributed by atoms with E-state index in [1.807, 2.05) is 0 Å². The molecule has 0 aromatic carbocycles. The largest absolute Gasteiger partial charge is 0.0842 e. The Kier molecular flexibility index (Phi) is 3.86. The lowest BCUT2D eigenvalue weighted by Gasteiger charge is -2.05. The van der Waals surface area contributed by atoms with E-state index in [1.54, 1.807) is 0 Å². The predicted octanol–water partition coefficient (Wildman–Crippen LogP) is 4.01. The van der Waals surface area contributed by atoms with Crippen molar-refractivity contribution in [3.8, 4) is 0 Å². The van der Waals surface area contributed by atoms with Crippen LogP contribution in [0, 0.1) is 0 Å². The van der Waals surface area contributed by atoms with Gasteiger partial charge in [-0.1, -0.05) is 43.2 Å². The summed E-state index contributed by atoms with van der Waals surface area (Å²) in [7, 11) is 0. The summed E-state index contributed by atoms with van der Waals surface area (Å²) in [4.78, 5) is 0. The molecule has 1 aliphatic rings. The Balaban J connectivity index is 2.53. The second-order valence-corrected chi connectivity index (χ2v) is 3.45. The lowest BCUT2D eigenvalue weighted by atomic mass is 10.0. The first-order valence-electron chi connectivity index (χ1n) is 4.86. The van der Waals surface area contributed by atoms with E-state index >= 15 is 0 Å². The molecule has 0 heteroatoms. The first-order valence-corrected chi connectivity index (χ1v) is 4.86. The van der Waals surface area contributed by atoms with Crippen LogP contribution in [0.1, 0.15) is 39.5 Å². The van der Waals surface area contributed by atoms with Gasteiger partial charge in [0.2, 0.25) is 0 Å². The minimum Gasteiger partial charge on any atom is -0.0842 e. The van der Waals surface area contributed by atoms with E-state index in [0.29, 0.717) is 0 Å². The van der Waals surface area contributed by atoms with E-state index in [-0.39, 0.29) is 0 Å². The van der Waals surface area contributed by atoms with Gasteiger partial charge < -0.3 is 0 Å². The highest BCUT2D eigenvalue weighted by atomic mass is 14.0. The van der Waals surface area contributed by atoms with Crippen molar-refractivity contribution in [3.63, 3.8) is 0 Å². The van der Waals surface area contributed by atoms with Gasteiger partial charge in [-0.05, 0) is 31.8 Å². The molecular formula is C12H18. The molecular weight excluding hydrogens is 144 g/mol. The third-order valence-corrected chi connectivity index (χ3v) is 2.12. The molecule has 12 heavy (non-hydrogen) atoms. The SMILES string of the molecule is CCC/C(C)=C\C1=CC=CCC1. The van der Waals surface area contributed by atoms with Gasteiger partial charge in [-0.2, -0.15) is 0 Å². The Morgan fingerprint density at radius 3 is 3.00 bits per heavy atom. The van der Waals surface area contributed by atoms with Crippen molar-refractivity contribution in [3.05, 3.63) is 35.5 Å². The molecule has 1 rings (SSSR count). The molecule has 1 aliphatic carbocycles. The van der Waals surface area contributed by atoms with E-state index in [4.69, 9.17) is 0 Å². The summed E-state index contributed by atoms with van der Waals surface area (Å²) < 4.78 is 0. The summed E-state index contributed by atoms with van der Waals surface area (Å²) in [5.74, 6) is 0. The number of hydrogen-bond acceptors (Lipinski definition) is 0. The molecule has 0 heterocycles. The highest BCUT2D eigenvalue weighted by Gasteiger charge is 1.96. The van der Waals surface area contributed by atoms with Crippen molar-refractivity contribution < 1.29 is 0 Å². The van der Waals surface area contributed by atoms with Crippen molar-refractivity contribution in [2.45, 2.75) is 39.5 Å². The summed E-state index contributed by atoms with van der Waals surface area (Å²) in [5.41, 5.74) is 3.00. The van der Waals surface area contributed by atoms with E-state index in [2.05, 4.69) is 38.2 Å². The van der Waals surface area contributed by atoms with Gasteiger partial charge in [0, 0.05) is 0 Å². The second-order valence-electron chi connectivity index (χ2n) is 3.45. The molecule has 0 spiro atoms. The number of hydrogen-bond donors (Lipinski definition) is 0. The molecule has 0 nitrogen and oxygen atoms in total. The van der Waals surface area contributed by atoms with Gasteiger partial charge in [-0.3, -0.25) is 0 Å². The van der Waals surface area contributed by atoms with Crippen LogP contribution in [0.15, 0.2) is 35.5 Å². The van der Waals surface area contributed by atoms with Gasteiger partial charge in [-0.15, -0.1) is 0 Å². The van der Waals surface area contributed by atoms with E-state index in [9.17, 15) is 0 Å². The van der Waals surface area contributed by atoms with Crippen LogP contribution < -0.4 is 0 Å². The first kappa shape index (κ1) is 9.31. The molecule has 0 radical (unpaired) electrons. The minimum atomic E-state index is 1.21. The molecule has 0 aromatic rings. The Labute approximate surface area is 75.7 Å². The molecule has 0 N–H and O–H groups in total. The monoisotopic (exact) mass is 162 g/mol. The van der Waals surface area contributed by atoms with Gasteiger partial charge in [0.15, 0.2) is 0 Å². The molecule has 0 bridgehead atoms. The molecule has 0 atom stereocenters. The summed E-state index contributed by atoms with van der Waals surface area (Å²) in [6.07, 6.45) is 13.9. The fourth-order valence-electron chi connectivity index (χ4n) is 1.52. The van der Waals surface area contributed by atoms with Crippen LogP contribution in [0.25, 0.3) is 0 Å². The number of rotatable bonds is 3. The zero-order chi connectivity index (χ0) is 8.81. The molecule has 0 saturated carbocycles. The van der Waals surface area contributed by atoms with Crippen LogP contribution in [-0.2, 0) is 0 Å². The lowest BCUT2D eigenvalue weighted by molar-refractivity contribution is 0.896. The Hall–Kier alpha value is -0.780. The highest BCUT2D eigenvalue weighted by molar-refractivity contribution is 5.29. The maximum absolute atomic E-state index is 2.34. The molecule has 0 fully saturated rings. The Morgan fingerprint density at radius 1 is 1.58 bits per heavy atom. The first-order chi connectivity index (χ1) is 5.83. The van der Waals surface area contributed by atoms with E-state index in [1.165, 1.54) is 36.8 Å².